The van der Waals surface area contributed by atoms with Gasteiger partial charge in [0, 0.05) is 23.5 Å². The Bertz CT molecular complexity index is 1320. The highest BCUT2D eigenvalue weighted by molar-refractivity contribution is 8.18. The molecule has 1 aliphatic rings. The average Bonchev–Trinajstić information content (AvgIpc) is 3.43. The highest BCUT2D eigenvalue weighted by Crippen LogP contribution is 2.40. The second-order valence-corrected chi connectivity index (χ2v) is 9.11. The zero-order valence-electron chi connectivity index (χ0n) is 18.1. The number of allylic oxidation sites excluding steroid dienone is 1. The number of nitrogens with one attached hydrogen (secondary N) is 1. The third-order valence-electron chi connectivity index (χ3n) is 5.40. The summed E-state index contributed by atoms with van der Waals surface area (Å²) in [6, 6.07) is 8.74. The molecule has 0 spiro atoms. The first kappa shape index (κ1) is 25.2. The standard InChI is InChI=1S/C23H20ClF3N4O3S/c24-16-3-1-14(18(11-16)23(25,26)27)10-17(13-2-4-19-15(9-13)12-28-30-19)20-21(34)29-22(35-20)31(5-7-32)6-8-33/h1-4,9,11-12,32-33H,5-8,10H2,(H,28,30). The first-order chi connectivity index (χ1) is 16.7. The molecule has 0 unspecified atom stereocenters. The van der Waals surface area contributed by atoms with Crippen LogP contribution in [0.5, 0.6) is 0 Å². The quantitative estimate of drug-likeness (QED) is 0.402. The van der Waals surface area contributed by atoms with Crippen molar-refractivity contribution >= 4 is 50.9 Å². The number of nitrogens with zero attached hydrogens (tertiary/aromatic N) is 3. The van der Waals surface area contributed by atoms with Gasteiger partial charge in [0.05, 0.1) is 35.4 Å². The van der Waals surface area contributed by atoms with E-state index in [-0.39, 0.29) is 53.4 Å². The van der Waals surface area contributed by atoms with E-state index in [0.717, 1.165) is 28.7 Å². The summed E-state index contributed by atoms with van der Waals surface area (Å²) in [7, 11) is 0. The number of carbonyl (C=O) groups excluding carboxylic acids is 1. The maximum atomic E-state index is 13.8. The second-order valence-electron chi connectivity index (χ2n) is 7.69. The van der Waals surface area contributed by atoms with Crippen LogP contribution in [0.25, 0.3) is 16.5 Å². The Balaban J connectivity index is 1.82. The lowest BCUT2D eigenvalue weighted by Crippen LogP contribution is -2.33. The SMILES string of the molecule is O=C1N=C(N(CCO)CCO)SC1=C(Cc1ccc(Cl)cc1C(F)(F)F)c1ccc2[nH]ncc2c1. The second kappa shape index (κ2) is 10.4. The number of amides is 1. The molecule has 1 aliphatic heterocycles. The van der Waals surface area contributed by atoms with Gasteiger partial charge in [0.25, 0.3) is 5.91 Å². The van der Waals surface area contributed by atoms with Gasteiger partial charge >= 0.3 is 6.18 Å². The van der Waals surface area contributed by atoms with Gasteiger partial charge in [-0.25, -0.2) is 0 Å². The van der Waals surface area contributed by atoms with Gasteiger partial charge in [0.1, 0.15) is 0 Å². The lowest BCUT2D eigenvalue weighted by Gasteiger charge is -2.21. The smallest absolute Gasteiger partial charge is 0.395 e. The number of aromatic nitrogens is 2. The third-order valence-corrected chi connectivity index (χ3v) is 6.79. The number of benzene rings is 2. The predicted octanol–water partition coefficient (Wildman–Crippen LogP) is 4.10. The number of hydrogen-bond acceptors (Lipinski definition) is 6. The summed E-state index contributed by atoms with van der Waals surface area (Å²) in [5.74, 6) is -0.601. The maximum Gasteiger partial charge on any atom is 0.416 e. The average molecular weight is 525 g/mol. The molecule has 0 bridgehead atoms. The van der Waals surface area contributed by atoms with Gasteiger partial charge in [0.2, 0.25) is 0 Å². The van der Waals surface area contributed by atoms with Gasteiger partial charge < -0.3 is 15.1 Å². The van der Waals surface area contributed by atoms with E-state index in [0.29, 0.717) is 11.1 Å². The zero-order chi connectivity index (χ0) is 25.2. The Labute approximate surface area is 207 Å². The molecule has 12 heteroatoms. The number of H-pyrrole nitrogens is 1. The summed E-state index contributed by atoms with van der Waals surface area (Å²) in [4.78, 5) is 18.8. The molecule has 3 N–H and O–H groups in total. The number of alkyl halides is 3. The molecule has 2 heterocycles. The maximum absolute atomic E-state index is 13.8. The van der Waals surface area contributed by atoms with E-state index >= 15 is 0 Å². The van der Waals surface area contributed by atoms with Crippen molar-refractivity contribution in [2.24, 2.45) is 4.99 Å². The molecular formula is C23H20ClF3N4O3S. The fourth-order valence-corrected chi connectivity index (χ4v) is 5.01. The molecule has 0 fully saturated rings. The fourth-order valence-electron chi connectivity index (χ4n) is 3.77. The minimum atomic E-state index is -4.64. The van der Waals surface area contributed by atoms with Crippen molar-refractivity contribution in [3.8, 4) is 0 Å². The van der Waals surface area contributed by atoms with E-state index in [1.807, 2.05) is 0 Å². The first-order valence-electron chi connectivity index (χ1n) is 10.5. The van der Waals surface area contributed by atoms with Crippen LogP contribution in [0.1, 0.15) is 16.7 Å². The Hall–Kier alpha value is -2.86. The molecule has 0 saturated carbocycles. The summed E-state index contributed by atoms with van der Waals surface area (Å²) in [5, 5.41) is 26.4. The van der Waals surface area contributed by atoms with Crippen LogP contribution in [-0.4, -0.2) is 62.7 Å². The Morgan fingerprint density at radius 3 is 2.54 bits per heavy atom. The number of aliphatic hydroxyl groups is 2. The lowest BCUT2D eigenvalue weighted by atomic mass is 9.93. The van der Waals surface area contributed by atoms with Crippen LogP contribution in [-0.2, 0) is 17.4 Å². The van der Waals surface area contributed by atoms with E-state index in [9.17, 15) is 28.2 Å². The monoisotopic (exact) mass is 524 g/mol. The fraction of sp³-hybridized carbons (Fsp3) is 0.261. The van der Waals surface area contributed by atoms with Gasteiger partial charge in [-0.3, -0.25) is 9.89 Å². The number of hydrogen-bond donors (Lipinski definition) is 3. The third kappa shape index (κ3) is 5.53. The highest BCUT2D eigenvalue weighted by atomic mass is 35.5. The number of aliphatic hydroxyl groups excluding tert-OH is 2. The molecule has 0 radical (unpaired) electrons. The molecule has 2 aromatic carbocycles. The van der Waals surface area contributed by atoms with Crippen molar-refractivity contribution in [1.82, 2.24) is 15.1 Å². The van der Waals surface area contributed by atoms with E-state index < -0.39 is 17.6 Å². The van der Waals surface area contributed by atoms with Gasteiger partial charge in [0.15, 0.2) is 5.17 Å². The normalized spacial score (nSPS) is 15.6. The van der Waals surface area contributed by atoms with Gasteiger partial charge in [-0.05, 0) is 59.1 Å². The number of aromatic amines is 1. The largest absolute Gasteiger partial charge is 0.416 e. The van der Waals surface area contributed by atoms with E-state index in [2.05, 4.69) is 15.2 Å². The summed E-state index contributed by atoms with van der Waals surface area (Å²) in [6.07, 6.45) is -3.26. The molecule has 0 atom stereocenters. The Kier molecular flexibility index (Phi) is 7.50. The molecule has 184 valence electrons. The number of carbonyl (C=O) groups is 1. The number of amidine groups is 1. The number of halogens is 4. The summed E-state index contributed by atoms with van der Waals surface area (Å²) >= 11 is 6.85. The van der Waals surface area contributed by atoms with Crippen LogP contribution in [0.15, 0.2) is 52.5 Å². The highest BCUT2D eigenvalue weighted by Gasteiger charge is 2.35. The summed E-state index contributed by atoms with van der Waals surface area (Å²) in [6.45, 7) is -0.176. The minimum absolute atomic E-state index is 0.0406. The van der Waals surface area contributed by atoms with Crippen LogP contribution < -0.4 is 0 Å². The van der Waals surface area contributed by atoms with Crippen molar-refractivity contribution < 1.29 is 28.2 Å². The van der Waals surface area contributed by atoms with Crippen molar-refractivity contribution in [3.05, 3.63) is 69.2 Å². The van der Waals surface area contributed by atoms with Gasteiger partial charge in [-0.1, -0.05) is 23.7 Å². The Morgan fingerprint density at radius 1 is 1.11 bits per heavy atom. The van der Waals surface area contributed by atoms with Gasteiger partial charge in [-0.15, -0.1) is 0 Å². The van der Waals surface area contributed by atoms with Crippen molar-refractivity contribution in [3.63, 3.8) is 0 Å². The number of rotatable bonds is 7. The predicted molar refractivity (Wildman–Crippen MR) is 129 cm³/mol. The van der Waals surface area contributed by atoms with Crippen LogP contribution in [0.2, 0.25) is 5.02 Å². The topological polar surface area (TPSA) is 102 Å². The number of thioether (sulfide) groups is 1. The molecule has 1 amide bonds. The summed E-state index contributed by atoms with van der Waals surface area (Å²) < 4.78 is 41.4. The minimum Gasteiger partial charge on any atom is -0.395 e. The summed E-state index contributed by atoms with van der Waals surface area (Å²) in [5.41, 5.74) is 0.722. The van der Waals surface area contributed by atoms with Crippen LogP contribution in [0.3, 0.4) is 0 Å². The number of aliphatic imine (C=N–C) groups is 1. The van der Waals surface area contributed by atoms with Crippen LogP contribution >= 0.6 is 23.4 Å². The first-order valence-corrected chi connectivity index (χ1v) is 11.7. The van der Waals surface area contributed by atoms with E-state index in [1.165, 1.54) is 12.1 Å². The van der Waals surface area contributed by atoms with E-state index in [1.54, 1.807) is 29.3 Å². The van der Waals surface area contributed by atoms with Crippen LogP contribution in [0, 0.1) is 0 Å². The van der Waals surface area contributed by atoms with Crippen molar-refractivity contribution in [2.45, 2.75) is 12.6 Å². The van der Waals surface area contributed by atoms with Crippen molar-refractivity contribution in [2.75, 3.05) is 26.3 Å². The zero-order valence-corrected chi connectivity index (χ0v) is 19.7. The van der Waals surface area contributed by atoms with Crippen LogP contribution in [0.4, 0.5) is 13.2 Å². The Morgan fingerprint density at radius 2 is 1.86 bits per heavy atom. The lowest BCUT2D eigenvalue weighted by molar-refractivity contribution is -0.138. The molecule has 0 aliphatic carbocycles. The van der Waals surface area contributed by atoms with Gasteiger partial charge in [-0.2, -0.15) is 23.3 Å². The molecule has 3 aromatic rings. The molecular weight excluding hydrogens is 505 g/mol. The molecule has 7 nitrogen and oxygen atoms in total. The molecule has 0 saturated heterocycles. The van der Waals surface area contributed by atoms with E-state index in [4.69, 9.17) is 11.6 Å². The van der Waals surface area contributed by atoms with Crippen molar-refractivity contribution in [1.29, 1.82) is 0 Å². The molecule has 1 aromatic heterocycles. The number of fused-ring (bicyclic) bond motifs is 1. The molecule has 35 heavy (non-hydrogen) atoms. The molecule has 4 rings (SSSR count).